The van der Waals surface area contributed by atoms with Gasteiger partial charge in [-0.2, -0.15) is 0 Å². The molecule has 0 aliphatic carbocycles. The average Bonchev–Trinajstić information content (AvgIpc) is 2.55. The fraction of sp³-hybridized carbons (Fsp3) is 0.400. The Morgan fingerprint density at radius 1 is 1.23 bits per heavy atom. The molecule has 0 radical (unpaired) electrons. The molecule has 0 saturated carbocycles. The van der Waals surface area contributed by atoms with Crippen LogP contribution < -0.4 is 0 Å². The molecule has 22 heavy (non-hydrogen) atoms. The van der Waals surface area contributed by atoms with Crippen molar-refractivity contribution in [1.29, 1.82) is 0 Å². The molecular formula is C15H18O6S. The summed E-state index contributed by atoms with van der Waals surface area (Å²) in [7, 11) is 0. The number of ether oxygens (including phenoxy) is 3. The molecular weight excluding hydrogens is 308 g/mol. The Balaban J connectivity index is 2.32. The summed E-state index contributed by atoms with van der Waals surface area (Å²) in [5.41, 5.74) is 0.282. The Labute approximate surface area is 133 Å². The number of benzene rings is 1. The predicted molar refractivity (Wildman–Crippen MR) is 80.8 cm³/mol. The van der Waals surface area contributed by atoms with E-state index in [2.05, 4.69) is 4.74 Å². The number of rotatable bonds is 11. The second kappa shape index (κ2) is 10.7. The maximum Gasteiger partial charge on any atom is 0.309 e. The summed E-state index contributed by atoms with van der Waals surface area (Å²) >= 11 is 1.21. The molecule has 0 bridgehead atoms. The van der Waals surface area contributed by atoms with Crippen molar-refractivity contribution in [3.63, 3.8) is 0 Å². The van der Waals surface area contributed by atoms with E-state index in [0.717, 1.165) is 5.56 Å². The minimum atomic E-state index is -0.632. The van der Waals surface area contributed by atoms with E-state index in [1.807, 2.05) is 30.3 Å². The Hall–Kier alpha value is -2.02. The van der Waals surface area contributed by atoms with Crippen molar-refractivity contribution < 1.29 is 28.6 Å². The number of hydrogen-bond donors (Lipinski definition) is 0. The van der Waals surface area contributed by atoms with Gasteiger partial charge in [0.1, 0.15) is 13.2 Å². The van der Waals surface area contributed by atoms with Crippen LogP contribution in [0.2, 0.25) is 0 Å². The van der Waals surface area contributed by atoms with Crippen LogP contribution in [0.25, 0.3) is 0 Å². The number of hydrogen-bond acceptors (Lipinski definition) is 7. The van der Waals surface area contributed by atoms with Gasteiger partial charge in [0, 0.05) is 5.75 Å². The van der Waals surface area contributed by atoms with Crippen LogP contribution in [0.1, 0.15) is 12.5 Å². The monoisotopic (exact) mass is 326 g/mol. The highest BCUT2D eigenvalue weighted by molar-refractivity contribution is 7.99. The van der Waals surface area contributed by atoms with E-state index >= 15 is 0 Å². The summed E-state index contributed by atoms with van der Waals surface area (Å²) in [6.07, 6.45) is 0. The van der Waals surface area contributed by atoms with E-state index in [4.69, 9.17) is 9.47 Å². The molecule has 1 aromatic carbocycles. The number of carbonyl (C=O) groups is 3. The molecule has 1 rings (SSSR count). The molecule has 2 unspecified atom stereocenters. The van der Waals surface area contributed by atoms with Gasteiger partial charge in [0.15, 0.2) is 5.44 Å². The molecule has 0 saturated heterocycles. The molecule has 2 atom stereocenters. The standard InChI is InChI=1S/C15H18O6S/c1-12(9-22-14(21-11-17)8-19-10-16)15(18)20-7-13-5-3-2-4-6-13/h2-6,10-12,14H,7-9H2,1H3. The molecule has 6 nitrogen and oxygen atoms in total. The molecule has 120 valence electrons. The molecule has 0 N–H and O–H groups in total. The van der Waals surface area contributed by atoms with Gasteiger partial charge in [0.25, 0.3) is 12.9 Å². The molecule has 0 aromatic heterocycles. The van der Waals surface area contributed by atoms with Gasteiger partial charge in [-0.15, -0.1) is 11.8 Å². The van der Waals surface area contributed by atoms with Crippen LogP contribution in [0.4, 0.5) is 0 Å². The van der Waals surface area contributed by atoms with E-state index in [0.29, 0.717) is 5.75 Å². The van der Waals surface area contributed by atoms with Crippen molar-refractivity contribution in [3.05, 3.63) is 35.9 Å². The minimum Gasteiger partial charge on any atom is -0.463 e. The Morgan fingerprint density at radius 3 is 2.59 bits per heavy atom. The van der Waals surface area contributed by atoms with Crippen molar-refractivity contribution in [3.8, 4) is 0 Å². The van der Waals surface area contributed by atoms with Gasteiger partial charge in [0.2, 0.25) is 0 Å². The molecule has 0 aliphatic heterocycles. The maximum absolute atomic E-state index is 11.9. The largest absolute Gasteiger partial charge is 0.463 e. The van der Waals surface area contributed by atoms with Crippen LogP contribution >= 0.6 is 11.8 Å². The highest BCUT2D eigenvalue weighted by Crippen LogP contribution is 2.17. The quantitative estimate of drug-likeness (QED) is 0.265. The van der Waals surface area contributed by atoms with Crippen molar-refractivity contribution in [2.45, 2.75) is 19.0 Å². The summed E-state index contributed by atoms with van der Waals surface area (Å²) in [6, 6.07) is 9.38. The lowest BCUT2D eigenvalue weighted by atomic mass is 10.2. The zero-order valence-corrected chi connectivity index (χ0v) is 13.0. The third kappa shape index (κ3) is 7.12. The average molecular weight is 326 g/mol. The zero-order valence-electron chi connectivity index (χ0n) is 12.2. The smallest absolute Gasteiger partial charge is 0.309 e. The Morgan fingerprint density at radius 2 is 1.95 bits per heavy atom. The van der Waals surface area contributed by atoms with Gasteiger partial charge >= 0.3 is 5.97 Å². The van der Waals surface area contributed by atoms with Crippen molar-refractivity contribution >= 4 is 30.7 Å². The van der Waals surface area contributed by atoms with Crippen LogP contribution in [0, 0.1) is 5.92 Å². The predicted octanol–water partition coefficient (Wildman–Crippen LogP) is 1.77. The first kappa shape index (κ1) is 18.0. The Bertz CT molecular complexity index is 464. The highest BCUT2D eigenvalue weighted by atomic mass is 32.2. The van der Waals surface area contributed by atoms with E-state index in [1.165, 1.54) is 11.8 Å². The molecule has 7 heteroatoms. The van der Waals surface area contributed by atoms with Gasteiger partial charge in [-0.25, -0.2) is 0 Å². The van der Waals surface area contributed by atoms with Gasteiger partial charge in [0.05, 0.1) is 5.92 Å². The van der Waals surface area contributed by atoms with Gasteiger partial charge in [-0.3, -0.25) is 14.4 Å². The fourth-order valence-electron chi connectivity index (χ4n) is 1.50. The molecule has 0 fully saturated rings. The van der Waals surface area contributed by atoms with Crippen LogP contribution in [-0.4, -0.2) is 36.7 Å². The molecule has 0 aliphatic rings. The Kier molecular flexibility index (Phi) is 8.74. The van der Waals surface area contributed by atoms with E-state index in [1.54, 1.807) is 6.92 Å². The second-order valence-corrected chi connectivity index (χ2v) is 5.61. The van der Waals surface area contributed by atoms with Crippen molar-refractivity contribution in [1.82, 2.24) is 0 Å². The normalized spacial score (nSPS) is 12.8. The SMILES string of the molecule is CC(CSC(COC=O)OC=O)C(=O)OCc1ccccc1. The van der Waals surface area contributed by atoms with Crippen LogP contribution in [0.3, 0.4) is 0 Å². The summed E-state index contributed by atoms with van der Waals surface area (Å²) < 4.78 is 14.5. The zero-order chi connectivity index (χ0) is 16.2. The molecule has 0 amide bonds. The maximum atomic E-state index is 11.9. The third-order valence-electron chi connectivity index (χ3n) is 2.67. The molecule has 0 heterocycles. The van der Waals surface area contributed by atoms with E-state index in [-0.39, 0.29) is 38.0 Å². The van der Waals surface area contributed by atoms with Gasteiger partial charge in [-0.1, -0.05) is 37.3 Å². The number of esters is 1. The number of thioether (sulfide) groups is 1. The summed E-state index contributed by atoms with van der Waals surface area (Å²) in [5, 5.41) is 0. The van der Waals surface area contributed by atoms with E-state index in [9.17, 15) is 14.4 Å². The van der Waals surface area contributed by atoms with Crippen LogP contribution in [0.5, 0.6) is 0 Å². The fourth-order valence-corrected chi connectivity index (χ4v) is 2.44. The van der Waals surface area contributed by atoms with Crippen molar-refractivity contribution in [2.75, 3.05) is 12.4 Å². The lowest BCUT2D eigenvalue weighted by Gasteiger charge is -2.16. The summed E-state index contributed by atoms with van der Waals surface area (Å²) in [4.78, 5) is 32.3. The van der Waals surface area contributed by atoms with Gasteiger partial charge < -0.3 is 14.2 Å². The molecule has 0 spiro atoms. The first-order chi connectivity index (χ1) is 10.7. The minimum absolute atomic E-state index is 0.0569. The lowest BCUT2D eigenvalue weighted by Crippen LogP contribution is -2.21. The lowest BCUT2D eigenvalue weighted by molar-refractivity contribution is -0.148. The van der Waals surface area contributed by atoms with Crippen molar-refractivity contribution in [2.24, 2.45) is 5.92 Å². The summed E-state index contributed by atoms with van der Waals surface area (Å²) in [6.45, 7) is 2.44. The summed E-state index contributed by atoms with van der Waals surface area (Å²) in [5.74, 6) is -0.325. The molecule has 1 aromatic rings. The van der Waals surface area contributed by atoms with Crippen LogP contribution in [0.15, 0.2) is 30.3 Å². The van der Waals surface area contributed by atoms with Crippen LogP contribution in [-0.2, 0) is 35.2 Å². The number of carbonyl (C=O) groups excluding carboxylic acids is 3. The third-order valence-corrected chi connectivity index (χ3v) is 3.98. The topological polar surface area (TPSA) is 78.9 Å². The van der Waals surface area contributed by atoms with E-state index < -0.39 is 5.44 Å². The first-order valence-corrected chi connectivity index (χ1v) is 7.68. The highest BCUT2D eigenvalue weighted by Gasteiger charge is 2.19. The van der Waals surface area contributed by atoms with Gasteiger partial charge in [-0.05, 0) is 5.56 Å². The first-order valence-electron chi connectivity index (χ1n) is 6.64. The second-order valence-electron chi connectivity index (χ2n) is 4.42.